The number of thiophene rings is 1. The van der Waals surface area contributed by atoms with Crippen LogP contribution in [0, 0.1) is 0 Å². The molecule has 5 nitrogen and oxygen atoms in total. The molecule has 3 aromatic rings. The zero-order valence-electron chi connectivity index (χ0n) is 16.0. The quantitative estimate of drug-likeness (QED) is 0.531. The number of benzene rings is 1. The van der Waals surface area contributed by atoms with Crippen molar-refractivity contribution in [1.82, 2.24) is 9.88 Å². The van der Waals surface area contributed by atoms with Crippen molar-refractivity contribution in [3.63, 3.8) is 0 Å². The Balaban J connectivity index is 1.47. The maximum atomic E-state index is 12.8. The molecular weight excluding hydrogens is 368 g/mol. The molecule has 144 valence electrons. The summed E-state index contributed by atoms with van der Waals surface area (Å²) in [6.45, 7) is 3.98. The third kappa shape index (κ3) is 4.08. The van der Waals surface area contributed by atoms with E-state index < -0.39 is 0 Å². The molecular formula is C22H24N4OS. The van der Waals surface area contributed by atoms with Crippen LogP contribution in [0.25, 0.3) is 10.4 Å². The number of nitrogens with zero attached hydrogens (tertiary/aromatic N) is 3. The Bertz CT molecular complexity index is 945. The predicted octanol–water partition coefficient (Wildman–Crippen LogP) is 3.57. The summed E-state index contributed by atoms with van der Waals surface area (Å²) >= 11 is 1.68. The van der Waals surface area contributed by atoms with Gasteiger partial charge < -0.3 is 15.5 Å². The molecule has 1 saturated heterocycles. The molecule has 1 aromatic carbocycles. The van der Waals surface area contributed by atoms with Crippen molar-refractivity contribution in [3.05, 3.63) is 65.2 Å². The topological polar surface area (TPSA) is 62.5 Å². The second-order valence-electron chi connectivity index (χ2n) is 7.19. The van der Waals surface area contributed by atoms with Crippen LogP contribution in [-0.2, 0) is 6.42 Å². The predicted molar refractivity (Wildman–Crippen MR) is 116 cm³/mol. The minimum atomic E-state index is 0.0347. The Morgan fingerprint density at radius 3 is 2.64 bits per heavy atom. The number of piperazine rings is 1. The summed E-state index contributed by atoms with van der Waals surface area (Å²) in [5.41, 5.74) is 9.35. The van der Waals surface area contributed by atoms with Gasteiger partial charge in [0.2, 0.25) is 0 Å². The van der Waals surface area contributed by atoms with Gasteiger partial charge in [-0.25, -0.2) is 4.98 Å². The number of carbonyl (C=O) groups is 1. The van der Waals surface area contributed by atoms with E-state index in [2.05, 4.69) is 27.9 Å². The van der Waals surface area contributed by atoms with Gasteiger partial charge in [0.25, 0.3) is 0 Å². The van der Waals surface area contributed by atoms with Gasteiger partial charge in [0.05, 0.1) is 0 Å². The fourth-order valence-electron chi connectivity index (χ4n) is 3.40. The van der Waals surface area contributed by atoms with Gasteiger partial charge >= 0.3 is 0 Å². The summed E-state index contributed by atoms with van der Waals surface area (Å²) < 4.78 is 0. The van der Waals surface area contributed by atoms with E-state index in [9.17, 15) is 4.79 Å². The zero-order valence-corrected chi connectivity index (χ0v) is 16.8. The van der Waals surface area contributed by atoms with E-state index in [4.69, 9.17) is 5.73 Å². The van der Waals surface area contributed by atoms with Crippen LogP contribution < -0.4 is 10.6 Å². The second kappa shape index (κ2) is 8.12. The lowest BCUT2D eigenvalue weighted by Gasteiger charge is -2.33. The normalized spacial score (nSPS) is 15.0. The average molecular weight is 393 g/mol. The van der Waals surface area contributed by atoms with Crippen LogP contribution >= 0.6 is 11.3 Å². The highest BCUT2D eigenvalue weighted by Crippen LogP contribution is 2.28. The van der Waals surface area contributed by atoms with E-state index in [0.29, 0.717) is 11.3 Å². The summed E-state index contributed by atoms with van der Waals surface area (Å²) in [5, 5.41) is 2.05. The van der Waals surface area contributed by atoms with Gasteiger partial charge in [-0.05, 0) is 53.9 Å². The Labute approximate surface area is 169 Å². The summed E-state index contributed by atoms with van der Waals surface area (Å²) in [5.74, 6) is 0.969. The summed E-state index contributed by atoms with van der Waals surface area (Å²) in [4.78, 5) is 23.1. The molecule has 1 fully saturated rings. The molecule has 6 heteroatoms. The van der Waals surface area contributed by atoms with E-state index in [1.807, 2.05) is 41.8 Å². The monoisotopic (exact) mass is 392 g/mol. The molecule has 28 heavy (non-hydrogen) atoms. The number of nitrogen functional groups attached to an aromatic ring is 1. The third-order valence-corrected chi connectivity index (χ3v) is 6.12. The van der Waals surface area contributed by atoms with E-state index in [-0.39, 0.29) is 12.2 Å². The second-order valence-corrected chi connectivity index (χ2v) is 8.13. The van der Waals surface area contributed by atoms with Crippen molar-refractivity contribution >= 4 is 28.6 Å². The van der Waals surface area contributed by atoms with Gasteiger partial charge in [-0.2, -0.15) is 0 Å². The molecule has 0 aliphatic carbocycles. The number of pyridine rings is 1. The molecule has 0 bridgehead atoms. The van der Waals surface area contributed by atoms with Crippen molar-refractivity contribution < 1.29 is 4.79 Å². The fourth-order valence-corrected chi connectivity index (χ4v) is 4.13. The molecule has 0 radical (unpaired) electrons. The number of likely N-dealkylation sites (N-methyl/N-ethyl adjacent to an activating group) is 1. The molecule has 4 rings (SSSR count). The minimum Gasteiger partial charge on any atom is -0.398 e. The first kappa shape index (κ1) is 18.7. The number of anilines is 2. The molecule has 0 unspecified atom stereocenters. The Morgan fingerprint density at radius 2 is 1.96 bits per heavy atom. The summed E-state index contributed by atoms with van der Waals surface area (Å²) in [6, 6.07) is 13.8. The highest BCUT2D eigenvalue weighted by atomic mass is 32.1. The Hall–Kier alpha value is -2.70. The van der Waals surface area contributed by atoms with Crippen molar-refractivity contribution in [3.8, 4) is 10.4 Å². The number of hydrogen-bond donors (Lipinski definition) is 1. The van der Waals surface area contributed by atoms with Crippen molar-refractivity contribution in [2.45, 2.75) is 6.42 Å². The average Bonchev–Trinajstić information content (AvgIpc) is 3.25. The van der Waals surface area contributed by atoms with Crippen LogP contribution in [0.4, 0.5) is 11.5 Å². The van der Waals surface area contributed by atoms with Crippen LogP contribution in [0.2, 0.25) is 0 Å². The van der Waals surface area contributed by atoms with Gasteiger partial charge in [-0.15, -0.1) is 11.3 Å². The molecule has 2 N–H and O–H groups in total. The molecule has 0 saturated carbocycles. The Morgan fingerprint density at radius 1 is 1.14 bits per heavy atom. The van der Waals surface area contributed by atoms with Gasteiger partial charge in [-0.1, -0.05) is 12.1 Å². The van der Waals surface area contributed by atoms with Crippen LogP contribution in [0.15, 0.2) is 54.0 Å². The maximum Gasteiger partial charge on any atom is 0.168 e. The van der Waals surface area contributed by atoms with Gasteiger partial charge in [0.1, 0.15) is 5.82 Å². The van der Waals surface area contributed by atoms with Gasteiger partial charge in [0, 0.05) is 54.9 Å². The fraction of sp³-hybridized carbons (Fsp3) is 0.273. The largest absolute Gasteiger partial charge is 0.398 e. The molecule has 2 aromatic heterocycles. The lowest BCUT2D eigenvalue weighted by atomic mass is 10.00. The van der Waals surface area contributed by atoms with Crippen molar-refractivity contribution in [2.24, 2.45) is 0 Å². The molecule has 1 aliphatic heterocycles. The molecule has 3 heterocycles. The number of carbonyl (C=O) groups excluding carboxylic acids is 1. The SMILES string of the molecule is CN1CCN(c2ccc(C(=O)Cc3cc(-c4cccs4)ccc3N)cn2)CC1. The highest BCUT2D eigenvalue weighted by molar-refractivity contribution is 7.13. The van der Waals surface area contributed by atoms with Crippen LogP contribution in [0.3, 0.4) is 0 Å². The number of aromatic nitrogens is 1. The minimum absolute atomic E-state index is 0.0347. The number of Topliss-reactive ketones (excluding diaryl/α,β-unsaturated/α-hetero) is 1. The van der Waals surface area contributed by atoms with Crippen LogP contribution in [0.1, 0.15) is 15.9 Å². The number of nitrogens with two attached hydrogens (primary N) is 1. The van der Waals surface area contributed by atoms with E-state index in [1.165, 1.54) is 4.88 Å². The number of rotatable bonds is 5. The molecule has 1 aliphatic rings. The molecule has 0 spiro atoms. The van der Waals surface area contributed by atoms with E-state index in [1.54, 1.807) is 17.5 Å². The first-order valence-electron chi connectivity index (χ1n) is 9.45. The van der Waals surface area contributed by atoms with Gasteiger partial charge in [-0.3, -0.25) is 4.79 Å². The first-order valence-corrected chi connectivity index (χ1v) is 10.3. The number of ketones is 1. The van der Waals surface area contributed by atoms with Crippen molar-refractivity contribution in [2.75, 3.05) is 43.9 Å². The Kier molecular flexibility index (Phi) is 5.41. The van der Waals surface area contributed by atoms with E-state index in [0.717, 1.165) is 43.1 Å². The first-order chi connectivity index (χ1) is 13.6. The standard InChI is InChI=1S/C22H24N4OS/c1-25-8-10-26(11-9-25)22-7-5-17(15-24-22)20(27)14-18-13-16(4-6-19(18)23)21-3-2-12-28-21/h2-7,12-13,15H,8-11,14,23H2,1H3. The summed E-state index contributed by atoms with van der Waals surface area (Å²) in [6.07, 6.45) is 1.97. The van der Waals surface area contributed by atoms with E-state index >= 15 is 0 Å². The van der Waals surface area contributed by atoms with Crippen molar-refractivity contribution in [1.29, 1.82) is 0 Å². The molecule has 0 amide bonds. The van der Waals surface area contributed by atoms with Crippen LogP contribution in [-0.4, -0.2) is 48.9 Å². The smallest absolute Gasteiger partial charge is 0.168 e. The maximum absolute atomic E-state index is 12.8. The zero-order chi connectivity index (χ0) is 19.5. The van der Waals surface area contributed by atoms with Gasteiger partial charge in [0.15, 0.2) is 5.78 Å². The molecule has 0 atom stereocenters. The lowest BCUT2D eigenvalue weighted by molar-refractivity contribution is 0.0993. The lowest BCUT2D eigenvalue weighted by Crippen LogP contribution is -2.44. The third-order valence-electron chi connectivity index (χ3n) is 5.20. The number of hydrogen-bond acceptors (Lipinski definition) is 6. The summed E-state index contributed by atoms with van der Waals surface area (Å²) in [7, 11) is 2.13. The highest BCUT2D eigenvalue weighted by Gasteiger charge is 2.16. The van der Waals surface area contributed by atoms with Crippen LogP contribution in [0.5, 0.6) is 0 Å².